The summed E-state index contributed by atoms with van der Waals surface area (Å²) in [6.45, 7) is 1.56. The lowest BCUT2D eigenvalue weighted by atomic mass is 9.80. The van der Waals surface area contributed by atoms with Crippen LogP contribution < -0.4 is 11.1 Å². The fraction of sp³-hybridized carbons (Fsp3) is 0.294. The van der Waals surface area contributed by atoms with Crippen molar-refractivity contribution < 1.29 is 24.4 Å². The zero-order valence-electron chi connectivity index (χ0n) is 15.4. The van der Waals surface area contributed by atoms with Crippen molar-refractivity contribution in [3.63, 3.8) is 0 Å². The number of ether oxygens (including phenoxy) is 1. The molecule has 0 saturated heterocycles. The summed E-state index contributed by atoms with van der Waals surface area (Å²) in [6, 6.07) is 5.21. The van der Waals surface area contributed by atoms with E-state index in [2.05, 4.69) is 15.3 Å². The van der Waals surface area contributed by atoms with Gasteiger partial charge in [0.15, 0.2) is 0 Å². The highest BCUT2D eigenvalue weighted by Crippen LogP contribution is 2.38. The molecular weight excluding hydrogens is 384 g/mol. The Balaban J connectivity index is 2.50. The van der Waals surface area contributed by atoms with Gasteiger partial charge in [0.1, 0.15) is 0 Å². The zero-order valence-corrected chi connectivity index (χ0v) is 15.4. The number of amides is 1. The summed E-state index contributed by atoms with van der Waals surface area (Å²) < 4.78 is 5.36. The quantitative estimate of drug-likeness (QED) is 0.140. The predicted octanol–water partition coefficient (Wildman–Crippen LogP) is 1.71. The van der Waals surface area contributed by atoms with Gasteiger partial charge in [-0.05, 0) is 18.0 Å². The summed E-state index contributed by atoms with van der Waals surface area (Å²) in [4.78, 5) is 37.0. The summed E-state index contributed by atoms with van der Waals surface area (Å²) >= 11 is 0. The van der Waals surface area contributed by atoms with Crippen LogP contribution in [-0.4, -0.2) is 41.7 Å². The Kier molecular flexibility index (Phi) is 6.90. The lowest BCUT2D eigenvalue weighted by Gasteiger charge is -2.30. The maximum atomic E-state index is 12.1. The summed E-state index contributed by atoms with van der Waals surface area (Å²) in [5.41, 5.74) is 14.4. The van der Waals surface area contributed by atoms with Crippen molar-refractivity contribution in [2.24, 2.45) is 10.8 Å². The fourth-order valence-electron chi connectivity index (χ4n) is 3.04. The van der Waals surface area contributed by atoms with Crippen LogP contribution in [0, 0.1) is 10.1 Å². The van der Waals surface area contributed by atoms with Gasteiger partial charge in [0.25, 0.3) is 5.69 Å². The van der Waals surface area contributed by atoms with Gasteiger partial charge in [-0.2, -0.15) is 0 Å². The van der Waals surface area contributed by atoms with Gasteiger partial charge in [0, 0.05) is 34.9 Å². The number of nitro groups is 1. The molecule has 152 valence electrons. The van der Waals surface area contributed by atoms with Crippen LogP contribution in [0.5, 0.6) is 0 Å². The van der Waals surface area contributed by atoms with Crippen LogP contribution in [-0.2, 0) is 14.3 Å². The molecule has 1 amide bonds. The van der Waals surface area contributed by atoms with Gasteiger partial charge in [-0.15, -0.1) is 0 Å². The molecule has 2 rings (SSSR count). The van der Waals surface area contributed by atoms with Crippen molar-refractivity contribution >= 4 is 17.6 Å². The van der Waals surface area contributed by atoms with Crippen LogP contribution in [0.2, 0.25) is 0 Å². The van der Waals surface area contributed by atoms with E-state index in [-0.39, 0.29) is 42.3 Å². The second-order valence-electron chi connectivity index (χ2n) is 6.01. The number of benzene rings is 1. The van der Waals surface area contributed by atoms with Gasteiger partial charge in [-0.1, -0.05) is 17.2 Å². The number of nitrogens with one attached hydrogen (secondary N) is 1. The van der Waals surface area contributed by atoms with Crippen LogP contribution in [0.4, 0.5) is 5.69 Å². The molecule has 0 fully saturated rings. The molecule has 0 radical (unpaired) electrons. The van der Waals surface area contributed by atoms with Gasteiger partial charge in [0.05, 0.1) is 35.3 Å². The minimum atomic E-state index is -1.30. The number of primary amides is 1. The number of carboxylic acid groups (broad SMARTS) is 1. The van der Waals surface area contributed by atoms with Crippen molar-refractivity contribution in [2.75, 3.05) is 19.8 Å². The van der Waals surface area contributed by atoms with Crippen LogP contribution in [0.15, 0.2) is 51.9 Å². The summed E-state index contributed by atoms with van der Waals surface area (Å²) in [6.07, 6.45) is 0. The number of carboxylic acids is 1. The minimum absolute atomic E-state index is 0.0362. The molecule has 1 aromatic carbocycles. The number of carbonyl (C=O) groups excluding carboxylic acids is 1. The molecule has 0 bridgehead atoms. The van der Waals surface area contributed by atoms with E-state index in [4.69, 9.17) is 16.0 Å². The third-order valence-electron chi connectivity index (χ3n) is 4.22. The highest BCUT2D eigenvalue weighted by Gasteiger charge is 2.36. The number of nitrogens with zero attached hydrogens (tertiary/aromatic N) is 4. The van der Waals surface area contributed by atoms with E-state index in [9.17, 15) is 24.8 Å². The first-order chi connectivity index (χ1) is 13.8. The lowest BCUT2D eigenvalue weighted by molar-refractivity contribution is -0.384. The third-order valence-corrected chi connectivity index (χ3v) is 4.22. The van der Waals surface area contributed by atoms with E-state index in [1.54, 1.807) is 6.92 Å². The molecule has 0 aliphatic carbocycles. The largest absolute Gasteiger partial charge is 0.478 e. The van der Waals surface area contributed by atoms with Gasteiger partial charge >= 0.3 is 5.97 Å². The standard InChI is InChI=1S/C17H18N6O6/c1-9-13(16(18)24)14(10-2-4-11(5-3-10)23(27)28)15(17(25)26)12(21-9)8-29-7-6-20-22-19/h2-5,14,21H,6-8H2,1H3,(H2,18,24)(H,25,26). The monoisotopic (exact) mass is 402 g/mol. The number of allylic oxidation sites excluding steroid dienone is 1. The molecule has 1 aliphatic heterocycles. The van der Waals surface area contributed by atoms with Crippen molar-refractivity contribution in [3.8, 4) is 0 Å². The number of hydrogen-bond donors (Lipinski definition) is 3. The van der Waals surface area contributed by atoms with E-state index in [0.717, 1.165) is 0 Å². The first kappa shape index (κ1) is 21.4. The molecule has 1 heterocycles. The molecule has 1 aliphatic rings. The number of nitro benzene ring substituents is 1. The lowest BCUT2D eigenvalue weighted by Crippen LogP contribution is -2.35. The normalized spacial score (nSPS) is 16.1. The summed E-state index contributed by atoms with van der Waals surface area (Å²) in [7, 11) is 0. The average Bonchev–Trinajstić information content (AvgIpc) is 2.66. The second-order valence-corrected chi connectivity index (χ2v) is 6.01. The number of aliphatic carboxylic acids is 1. The van der Waals surface area contributed by atoms with Gasteiger partial charge < -0.3 is 20.9 Å². The Bertz CT molecular complexity index is 946. The van der Waals surface area contributed by atoms with Gasteiger partial charge in [0.2, 0.25) is 5.91 Å². The maximum absolute atomic E-state index is 12.1. The Morgan fingerprint density at radius 1 is 1.38 bits per heavy atom. The zero-order chi connectivity index (χ0) is 21.6. The van der Waals surface area contributed by atoms with Crippen molar-refractivity contribution in [1.29, 1.82) is 0 Å². The van der Waals surface area contributed by atoms with E-state index in [1.165, 1.54) is 24.3 Å². The van der Waals surface area contributed by atoms with E-state index < -0.39 is 22.7 Å². The van der Waals surface area contributed by atoms with Crippen molar-refractivity contribution in [2.45, 2.75) is 12.8 Å². The molecule has 0 aromatic heterocycles. The highest BCUT2D eigenvalue weighted by molar-refractivity contribution is 6.00. The molecule has 4 N–H and O–H groups in total. The maximum Gasteiger partial charge on any atom is 0.334 e. The molecule has 29 heavy (non-hydrogen) atoms. The predicted molar refractivity (Wildman–Crippen MR) is 100 cm³/mol. The topological polar surface area (TPSA) is 194 Å². The number of carbonyl (C=O) groups is 2. The molecule has 1 atom stereocenters. The van der Waals surface area contributed by atoms with Crippen LogP contribution >= 0.6 is 0 Å². The third kappa shape index (κ3) is 4.89. The number of rotatable bonds is 9. The molecular formula is C17H18N6O6. The fourth-order valence-corrected chi connectivity index (χ4v) is 3.04. The molecule has 1 unspecified atom stereocenters. The van der Waals surface area contributed by atoms with Crippen molar-refractivity contribution in [3.05, 3.63) is 72.9 Å². The van der Waals surface area contributed by atoms with Crippen LogP contribution in [0.1, 0.15) is 18.4 Å². The smallest absolute Gasteiger partial charge is 0.334 e. The minimum Gasteiger partial charge on any atom is -0.478 e. The Labute approximate surface area is 164 Å². The molecule has 0 spiro atoms. The molecule has 1 aromatic rings. The molecule has 12 nitrogen and oxygen atoms in total. The van der Waals surface area contributed by atoms with E-state index in [1.807, 2.05) is 0 Å². The second kappa shape index (κ2) is 9.35. The Hall–Kier alpha value is -3.89. The SMILES string of the molecule is CC1=C(C(N)=O)C(c2ccc([N+](=O)[O-])cc2)C(C(=O)O)=C(COCCN=[N+]=[N-])N1. The van der Waals surface area contributed by atoms with E-state index in [0.29, 0.717) is 11.3 Å². The van der Waals surface area contributed by atoms with Crippen LogP contribution in [0.3, 0.4) is 0 Å². The molecule has 12 heteroatoms. The Morgan fingerprint density at radius 3 is 2.55 bits per heavy atom. The first-order valence-corrected chi connectivity index (χ1v) is 8.34. The van der Waals surface area contributed by atoms with E-state index >= 15 is 0 Å². The first-order valence-electron chi connectivity index (χ1n) is 8.34. The number of azide groups is 1. The summed E-state index contributed by atoms with van der Waals surface area (Å²) in [5.74, 6) is -3.16. The van der Waals surface area contributed by atoms with Gasteiger partial charge in [-0.3, -0.25) is 14.9 Å². The summed E-state index contributed by atoms with van der Waals surface area (Å²) in [5, 5.41) is 26.9. The number of dihydropyridines is 1. The Morgan fingerprint density at radius 2 is 2.03 bits per heavy atom. The number of hydrogen-bond acceptors (Lipinski definition) is 7. The van der Waals surface area contributed by atoms with Gasteiger partial charge in [-0.25, -0.2) is 4.79 Å². The van der Waals surface area contributed by atoms with Crippen LogP contribution in [0.25, 0.3) is 10.4 Å². The average molecular weight is 402 g/mol. The molecule has 0 saturated carbocycles. The highest BCUT2D eigenvalue weighted by atomic mass is 16.6. The van der Waals surface area contributed by atoms with Crippen molar-refractivity contribution in [1.82, 2.24) is 5.32 Å². The number of non-ortho nitro benzene ring substituents is 1. The number of nitrogens with two attached hydrogens (primary N) is 1.